The molecule has 0 aliphatic carbocycles. The number of sulfonamides is 1. The molecule has 7 heteroatoms. The summed E-state index contributed by atoms with van der Waals surface area (Å²) in [6, 6.07) is 4.98. The Kier molecular flexibility index (Phi) is 5.59. The summed E-state index contributed by atoms with van der Waals surface area (Å²) >= 11 is 0. The van der Waals surface area contributed by atoms with E-state index in [0.717, 1.165) is 25.2 Å². The molecule has 0 spiro atoms. The van der Waals surface area contributed by atoms with Crippen LogP contribution in [0.3, 0.4) is 0 Å². The Balaban J connectivity index is 2.88. The van der Waals surface area contributed by atoms with Gasteiger partial charge < -0.3 is 16.0 Å². The van der Waals surface area contributed by atoms with Gasteiger partial charge in [0, 0.05) is 19.3 Å². The Hall–Kier alpha value is -1.31. The normalized spacial score (nSPS) is 11.5. The zero-order valence-corrected chi connectivity index (χ0v) is 12.4. The first-order valence-corrected chi connectivity index (χ1v) is 7.59. The van der Waals surface area contributed by atoms with E-state index in [4.69, 9.17) is 5.73 Å². The lowest BCUT2D eigenvalue weighted by Crippen LogP contribution is -2.23. The molecule has 108 valence electrons. The predicted octanol–water partition coefficient (Wildman–Crippen LogP) is 0.223. The van der Waals surface area contributed by atoms with Gasteiger partial charge in [0.05, 0.1) is 5.69 Å². The fraction of sp³-hybridized carbons (Fsp3) is 0.500. The Labute approximate surface area is 115 Å². The van der Waals surface area contributed by atoms with Gasteiger partial charge in [0.2, 0.25) is 10.0 Å². The van der Waals surface area contributed by atoms with Crippen molar-refractivity contribution in [2.75, 3.05) is 44.9 Å². The number of rotatable bonds is 7. The summed E-state index contributed by atoms with van der Waals surface area (Å²) in [5, 5.41) is 3.08. The van der Waals surface area contributed by atoms with E-state index < -0.39 is 10.0 Å². The molecule has 0 amide bonds. The highest BCUT2D eigenvalue weighted by Gasteiger charge is 2.15. The van der Waals surface area contributed by atoms with Crippen LogP contribution in [0.5, 0.6) is 0 Å². The minimum Gasteiger partial charge on any atom is -0.398 e. The molecule has 0 aliphatic heterocycles. The second kappa shape index (κ2) is 6.74. The number of nitrogens with two attached hydrogens (primary N) is 1. The number of hydrogen-bond acceptors (Lipinski definition) is 5. The van der Waals surface area contributed by atoms with Crippen molar-refractivity contribution in [1.82, 2.24) is 10.0 Å². The largest absolute Gasteiger partial charge is 0.398 e. The highest BCUT2D eigenvalue weighted by molar-refractivity contribution is 7.89. The molecule has 0 saturated carbocycles. The summed E-state index contributed by atoms with van der Waals surface area (Å²) in [5.74, 6) is 0. The summed E-state index contributed by atoms with van der Waals surface area (Å²) < 4.78 is 25.7. The van der Waals surface area contributed by atoms with E-state index in [1.807, 2.05) is 19.0 Å². The molecular weight excluding hydrogens is 264 g/mol. The quantitative estimate of drug-likeness (QED) is 0.493. The van der Waals surface area contributed by atoms with Crippen molar-refractivity contribution in [3.05, 3.63) is 18.2 Å². The first kappa shape index (κ1) is 15.7. The van der Waals surface area contributed by atoms with Crippen LogP contribution in [0.25, 0.3) is 0 Å². The minimum atomic E-state index is -3.50. The maximum atomic E-state index is 11.7. The molecule has 0 saturated heterocycles. The summed E-state index contributed by atoms with van der Waals surface area (Å²) in [4.78, 5) is 2.16. The molecule has 19 heavy (non-hydrogen) atoms. The van der Waals surface area contributed by atoms with Gasteiger partial charge in [0.25, 0.3) is 0 Å². The highest BCUT2D eigenvalue weighted by atomic mass is 32.2. The molecule has 0 bridgehead atoms. The molecule has 1 rings (SSSR count). The number of anilines is 2. The van der Waals surface area contributed by atoms with Crippen LogP contribution >= 0.6 is 0 Å². The van der Waals surface area contributed by atoms with Crippen molar-refractivity contribution in [2.24, 2.45) is 0 Å². The number of hydrogen-bond donors (Lipinski definition) is 3. The van der Waals surface area contributed by atoms with Crippen molar-refractivity contribution in [2.45, 2.75) is 11.3 Å². The van der Waals surface area contributed by atoms with Gasteiger partial charge in [-0.1, -0.05) is 0 Å². The lowest BCUT2D eigenvalue weighted by molar-refractivity contribution is 0.588. The molecule has 4 N–H and O–H groups in total. The molecule has 0 aromatic heterocycles. The first-order valence-electron chi connectivity index (χ1n) is 6.11. The molecule has 0 unspecified atom stereocenters. The molecule has 1 aromatic rings. The highest BCUT2D eigenvalue weighted by Crippen LogP contribution is 2.24. The van der Waals surface area contributed by atoms with Crippen molar-refractivity contribution in [1.29, 1.82) is 0 Å². The average Bonchev–Trinajstić information content (AvgIpc) is 2.38. The van der Waals surface area contributed by atoms with Gasteiger partial charge in [-0.25, -0.2) is 13.1 Å². The van der Waals surface area contributed by atoms with Gasteiger partial charge in [-0.3, -0.25) is 0 Å². The van der Waals surface area contributed by atoms with E-state index in [9.17, 15) is 8.42 Å². The maximum Gasteiger partial charge on any atom is 0.242 e. The van der Waals surface area contributed by atoms with Gasteiger partial charge in [-0.15, -0.1) is 0 Å². The molecule has 0 heterocycles. The van der Waals surface area contributed by atoms with Crippen LogP contribution in [0.2, 0.25) is 0 Å². The molecular formula is C12H22N4O2S. The van der Waals surface area contributed by atoms with E-state index in [1.165, 1.54) is 13.1 Å². The summed E-state index contributed by atoms with van der Waals surface area (Å²) in [5.41, 5.74) is 6.98. The third kappa shape index (κ3) is 4.09. The van der Waals surface area contributed by atoms with Crippen molar-refractivity contribution < 1.29 is 8.42 Å². The van der Waals surface area contributed by atoms with Gasteiger partial charge in [-0.05, 0) is 45.3 Å². The number of nitrogens with zero attached hydrogens (tertiary/aromatic N) is 1. The zero-order chi connectivity index (χ0) is 14.5. The molecule has 6 nitrogen and oxygen atoms in total. The Morgan fingerprint density at radius 3 is 2.53 bits per heavy atom. The molecule has 1 aromatic carbocycles. The predicted molar refractivity (Wildman–Crippen MR) is 78.9 cm³/mol. The van der Waals surface area contributed by atoms with Crippen molar-refractivity contribution in [3.8, 4) is 0 Å². The molecule has 0 radical (unpaired) electrons. The van der Waals surface area contributed by atoms with Crippen molar-refractivity contribution >= 4 is 21.4 Å². The van der Waals surface area contributed by atoms with E-state index in [2.05, 4.69) is 10.0 Å². The van der Waals surface area contributed by atoms with E-state index in [0.29, 0.717) is 0 Å². The van der Waals surface area contributed by atoms with Crippen molar-refractivity contribution in [3.63, 3.8) is 0 Å². The molecule has 0 fully saturated rings. The Morgan fingerprint density at radius 1 is 1.32 bits per heavy atom. The topological polar surface area (TPSA) is 87.5 Å². The number of nitrogen functional groups attached to an aromatic ring is 1. The van der Waals surface area contributed by atoms with Gasteiger partial charge >= 0.3 is 0 Å². The fourth-order valence-corrected chi connectivity index (χ4v) is 2.59. The third-order valence-corrected chi connectivity index (χ3v) is 4.40. The monoisotopic (exact) mass is 286 g/mol. The van der Waals surface area contributed by atoms with Gasteiger partial charge in [-0.2, -0.15) is 0 Å². The summed E-state index contributed by atoms with van der Waals surface area (Å²) in [7, 11) is 1.74. The third-order valence-electron chi connectivity index (χ3n) is 2.91. The molecule has 0 aliphatic rings. The first-order chi connectivity index (χ1) is 8.92. The van der Waals surface area contributed by atoms with Gasteiger partial charge in [0.15, 0.2) is 0 Å². The lowest BCUT2D eigenvalue weighted by atomic mass is 10.2. The zero-order valence-electron chi connectivity index (χ0n) is 11.6. The number of nitrogens with one attached hydrogen (secondary N) is 2. The van der Waals surface area contributed by atoms with Crippen LogP contribution in [0.4, 0.5) is 11.4 Å². The van der Waals surface area contributed by atoms with Crippen LogP contribution in [0.15, 0.2) is 23.1 Å². The Bertz CT molecular complexity index is 516. The number of benzene rings is 1. The summed E-state index contributed by atoms with van der Waals surface area (Å²) in [6.07, 6.45) is 1.00. The second-order valence-corrected chi connectivity index (χ2v) is 6.16. The minimum absolute atomic E-state index is 0.113. The van der Waals surface area contributed by atoms with Crippen LogP contribution in [-0.4, -0.2) is 42.7 Å². The SMILES string of the molecule is CNCCCN(C)c1ccc(S(=O)(=O)NC)c(N)c1. The lowest BCUT2D eigenvalue weighted by Gasteiger charge is -2.20. The molecule has 0 atom stereocenters. The van der Waals surface area contributed by atoms with E-state index in [1.54, 1.807) is 12.1 Å². The van der Waals surface area contributed by atoms with Crippen LogP contribution in [0.1, 0.15) is 6.42 Å². The van der Waals surface area contributed by atoms with Crippen LogP contribution in [0, 0.1) is 0 Å². The summed E-state index contributed by atoms with van der Waals surface area (Å²) in [6.45, 7) is 1.81. The standard InChI is InChI=1S/C12H22N4O2S/c1-14-7-4-8-16(3)10-5-6-12(11(13)9-10)19(17,18)15-2/h5-6,9,14-15H,4,7-8,13H2,1-3H3. The Morgan fingerprint density at radius 2 is 2.00 bits per heavy atom. The second-order valence-electron chi connectivity index (χ2n) is 4.31. The average molecular weight is 286 g/mol. The van der Waals surface area contributed by atoms with Crippen LogP contribution in [-0.2, 0) is 10.0 Å². The smallest absolute Gasteiger partial charge is 0.242 e. The van der Waals surface area contributed by atoms with E-state index in [-0.39, 0.29) is 10.6 Å². The van der Waals surface area contributed by atoms with Crippen LogP contribution < -0.4 is 20.7 Å². The maximum absolute atomic E-state index is 11.7. The van der Waals surface area contributed by atoms with E-state index >= 15 is 0 Å². The van der Waals surface area contributed by atoms with Gasteiger partial charge in [0.1, 0.15) is 4.90 Å². The fourth-order valence-electron chi connectivity index (χ4n) is 1.75.